The molecule has 6 nitrogen and oxygen atoms in total. The minimum atomic E-state index is -0.616. The predicted octanol–water partition coefficient (Wildman–Crippen LogP) is 5.39. The molecule has 2 atom stereocenters. The van der Waals surface area contributed by atoms with Crippen molar-refractivity contribution in [1.82, 2.24) is 14.7 Å². The molecule has 0 bridgehead atoms. The van der Waals surface area contributed by atoms with Crippen molar-refractivity contribution < 1.29 is 18.4 Å². The smallest absolute Gasteiger partial charge is 0.314 e. The topological polar surface area (TPSA) is 69.9 Å². The van der Waals surface area contributed by atoms with E-state index in [2.05, 4.69) is 31.7 Å². The lowest BCUT2D eigenvalue weighted by Gasteiger charge is -2.36. The molecule has 2 aromatic rings. The molecule has 0 aliphatic carbocycles. The molecule has 3 amide bonds. The molecule has 0 unspecified atom stereocenters. The van der Waals surface area contributed by atoms with Gasteiger partial charge in [-0.1, -0.05) is 23.7 Å². The van der Waals surface area contributed by atoms with Crippen LogP contribution in [0.3, 0.4) is 0 Å². The van der Waals surface area contributed by atoms with Crippen molar-refractivity contribution in [2.45, 2.75) is 57.4 Å². The Morgan fingerprint density at radius 2 is 1.72 bits per heavy atom. The Bertz CT molecular complexity index is 1210. The van der Waals surface area contributed by atoms with Crippen LogP contribution in [-0.2, 0) is 11.2 Å². The molecule has 2 saturated heterocycles. The molecular formula is C30H39ClF2N4O2. The van der Waals surface area contributed by atoms with Crippen molar-refractivity contribution >= 4 is 23.5 Å². The summed E-state index contributed by atoms with van der Waals surface area (Å²) in [5, 5.41) is 0.645. The van der Waals surface area contributed by atoms with Crippen molar-refractivity contribution in [3.05, 3.63) is 69.7 Å². The van der Waals surface area contributed by atoms with E-state index in [1.165, 1.54) is 22.6 Å². The number of likely N-dealkylation sites (tertiary alicyclic amines) is 2. The second kappa shape index (κ2) is 11.8. The quantitative estimate of drug-likeness (QED) is 0.515. The summed E-state index contributed by atoms with van der Waals surface area (Å²) in [6.45, 7) is 9.07. The van der Waals surface area contributed by atoms with Crippen LogP contribution >= 0.6 is 11.6 Å². The minimum absolute atomic E-state index is 0.0355. The number of nitrogens with zero attached hydrogens (tertiary/aromatic N) is 3. The van der Waals surface area contributed by atoms with Crippen molar-refractivity contribution in [2.75, 3.05) is 39.8 Å². The van der Waals surface area contributed by atoms with Gasteiger partial charge in [0.15, 0.2) is 0 Å². The third kappa shape index (κ3) is 6.72. The van der Waals surface area contributed by atoms with Gasteiger partial charge < -0.3 is 15.5 Å². The summed E-state index contributed by atoms with van der Waals surface area (Å²) in [5.74, 6) is -1.64. The van der Waals surface area contributed by atoms with Crippen LogP contribution in [0.5, 0.6) is 0 Å². The zero-order chi connectivity index (χ0) is 28.5. The van der Waals surface area contributed by atoms with E-state index in [9.17, 15) is 18.4 Å². The first kappa shape index (κ1) is 29.3. The number of primary amides is 1. The van der Waals surface area contributed by atoms with Crippen LogP contribution in [0.2, 0.25) is 5.02 Å². The highest BCUT2D eigenvalue weighted by Gasteiger charge is 2.44. The monoisotopic (exact) mass is 560 g/mol. The Kier molecular flexibility index (Phi) is 8.86. The molecule has 0 radical (unpaired) electrons. The highest BCUT2D eigenvalue weighted by Crippen LogP contribution is 2.40. The number of benzene rings is 2. The molecule has 2 fully saturated rings. The summed E-state index contributed by atoms with van der Waals surface area (Å²) in [6, 6.07) is 9.09. The van der Waals surface area contributed by atoms with Crippen LogP contribution in [-0.4, -0.2) is 71.9 Å². The first-order chi connectivity index (χ1) is 18.3. The average molecular weight is 561 g/mol. The number of rotatable bonds is 6. The summed E-state index contributed by atoms with van der Waals surface area (Å²) in [5.41, 5.74) is 7.89. The Morgan fingerprint density at radius 1 is 1.05 bits per heavy atom. The molecule has 39 heavy (non-hydrogen) atoms. The molecule has 2 N–H and O–H groups in total. The lowest BCUT2D eigenvalue weighted by atomic mass is 9.84. The lowest BCUT2D eigenvalue weighted by molar-refractivity contribution is -0.136. The van der Waals surface area contributed by atoms with Gasteiger partial charge in [-0.05, 0) is 80.8 Å². The van der Waals surface area contributed by atoms with E-state index < -0.39 is 23.6 Å². The van der Waals surface area contributed by atoms with Gasteiger partial charge in [-0.25, -0.2) is 13.6 Å². The second-order valence-electron chi connectivity index (χ2n) is 11.9. The fourth-order valence-electron chi connectivity index (χ4n) is 5.95. The SMILES string of the molecule is CN(CCc1cc(Cl)ccc1C1CCN(C(=O)[C@@H]2CN(C(C)(C)C)C[C@H]2c2ccc(F)cc2F)CC1)C(N)=O. The van der Waals surface area contributed by atoms with Crippen molar-refractivity contribution in [3.8, 4) is 0 Å². The maximum Gasteiger partial charge on any atom is 0.314 e. The maximum absolute atomic E-state index is 14.8. The summed E-state index contributed by atoms with van der Waals surface area (Å²) >= 11 is 6.29. The third-order valence-electron chi connectivity index (χ3n) is 8.39. The Labute approximate surface area is 235 Å². The lowest BCUT2D eigenvalue weighted by Crippen LogP contribution is -2.44. The molecule has 0 spiro atoms. The zero-order valence-corrected chi connectivity index (χ0v) is 24.0. The van der Waals surface area contributed by atoms with E-state index in [4.69, 9.17) is 17.3 Å². The second-order valence-corrected chi connectivity index (χ2v) is 12.3. The number of carbonyl (C=O) groups is 2. The van der Waals surface area contributed by atoms with Crippen LogP contribution in [0, 0.1) is 17.6 Å². The third-order valence-corrected chi connectivity index (χ3v) is 8.63. The normalized spacial score (nSPS) is 20.8. The van der Waals surface area contributed by atoms with Gasteiger partial charge in [-0.3, -0.25) is 9.69 Å². The van der Waals surface area contributed by atoms with Gasteiger partial charge in [0.25, 0.3) is 0 Å². The fourth-order valence-corrected chi connectivity index (χ4v) is 6.15. The molecule has 2 aliphatic heterocycles. The molecule has 2 heterocycles. The van der Waals surface area contributed by atoms with E-state index in [0.29, 0.717) is 49.7 Å². The summed E-state index contributed by atoms with van der Waals surface area (Å²) in [4.78, 5) is 30.9. The number of piperidine rings is 1. The van der Waals surface area contributed by atoms with Gasteiger partial charge in [0.1, 0.15) is 11.6 Å². The number of amides is 3. The number of hydrogen-bond donors (Lipinski definition) is 1. The first-order valence-corrected chi connectivity index (χ1v) is 14.0. The van der Waals surface area contributed by atoms with Crippen LogP contribution in [0.25, 0.3) is 0 Å². The highest BCUT2D eigenvalue weighted by molar-refractivity contribution is 6.30. The van der Waals surface area contributed by atoms with Gasteiger partial charge in [0.05, 0.1) is 5.92 Å². The molecule has 2 aliphatic rings. The molecular weight excluding hydrogens is 522 g/mol. The minimum Gasteiger partial charge on any atom is -0.351 e. The summed E-state index contributed by atoms with van der Waals surface area (Å²) in [6.07, 6.45) is 2.25. The maximum atomic E-state index is 14.8. The Morgan fingerprint density at radius 3 is 2.33 bits per heavy atom. The largest absolute Gasteiger partial charge is 0.351 e. The van der Waals surface area contributed by atoms with Crippen LogP contribution < -0.4 is 5.73 Å². The molecule has 4 rings (SSSR count). The van der Waals surface area contributed by atoms with Crippen LogP contribution in [0.1, 0.15) is 62.1 Å². The number of likely N-dealkylation sites (N-methyl/N-ethyl adjacent to an activating group) is 1. The van der Waals surface area contributed by atoms with E-state index in [1.807, 2.05) is 17.0 Å². The zero-order valence-electron chi connectivity index (χ0n) is 23.2. The van der Waals surface area contributed by atoms with E-state index >= 15 is 0 Å². The van der Waals surface area contributed by atoms with Gasteiger partial charge in [0, 0.05) is 62.3 Å². The Balaban J connectivity index is 1.48. The van der Waals surface area contributed by atoms with E-state index in [-0.39, 0.29) is 23.3 Å². The molecule has 0 aromatic heterocycles. The van der Waals surface area contributed by atoms with Gasteiger partial charge in [0.2, 0.25) is 5.91 Å². The number of nitrogens with two attached hydrogens (primary N) is 1. The summed E-state index contributed by atoms with van der Waals surface area (Å²) in [7, 11) is 1.67. The van der Waals surface area contributed by atoms with E-state index in [0.717, 1.165) is 24.5 Å². The standard InChI is InChI=1S/C30H39ClF2N4O2/c1-30(2,3)37-17-25(24-8-6-22(32)16-27(24)33)26(18-37)28(38)36-13-10-19(11-14-36)23-7-5-21(31)15-20(23)9-12-35(4)29(34)39/h5-8,15-16,19,25-26H,9-14,17-18H2,1-4H3,(H2,34,39)/t25-,26+/m0/s1. The van der Waals surface area contributed by atoms with Crippen LogP contribution in [0.4, 0.5) is 13.6 Å². The van der Waals surface area contributed by atoms with Gasteiger partial charge in [-0.15, -0.1) is 0 Å². The predicted molar refractivity (Wildman–Crippen MR) is 150 cm³/mol. The van der Waals surface area contributed by atoms with Crippen molar-refractivity contribution in [2.24, 2.45) is 11.7 Å². The van der Waals surface area contributed by atoms with E-state index in [1.54, 1.807) is 7.05 Å². The van der Waals surface area contributed by atoms with Crippen molar-refractivity contribution in [1.29, 1.82) is 0 Å². The highest BCUT2D eigenvalue weighted by atomic mass is 35.5. The molecule has 2 aromatic carbocycles. The number of urea groups is 1. The fraction of sp³-hybridized carbons (Fsp3) is 0.533. The Hall–Kier alpha value is -2.71. The number of hydrogen-bond acceptors (Lipinski definition) is 3. The van der Waals surface area contributed by atoms with Gasteiger partial charge in [-0.2, -0.15) is 0 Å². The molecule has 212 valence electrons. The first-order valence-electron chi connectivity index (χ1n) is 13.6. The van der Waals surface area contributed by atoms with Gasteiger partial charge >= 0.3 is 6.03 Å². The number of carbonyl (C=O) groups excluding carboxylic acids is 2. The van der Waals surface area contributed by atoms with Crippen molar-refractivity contribution in [3.63, 3.8) is 0 Å². The van der Waals surface area contributed by atoms with Crippen LogP contribution in [0.15, 0.2) is 36.4 Å². The number of halogens is 3. The molecule has 9 heteroatoms. The molecule has 0 saturated carbocycles. The summed E-state index contributed by atoms with van der Waals surface area (Å²) < 4.78 is 28.5. The average Bonchev–Trinajstić information content (AvgIpc) is 3.33.